The molecule has 4 heteroatoms. The SMILES string of the molecule is CCC(C)(CN1CCN(C)CC1)C(=O)O. The molecule has 0 saturated carbocycles. The Morgan fingerprint density at radius 3 is 2.27 bits per heavy atom. The predicted molar refractivity (Wildman–Crippen MR) is 60.0 cm³/mol. The van der Waals surface area contributed by atoms with E-state index in [9.17, 15) is 9.90 Å². The molecule has 0 amide bonds. The first-order chi connectivity index (χ1) is 6.98. The van der Waals surface area contributed by atoms with Crippen LogP contribution in [0.2, 0.25) is 0 Å². The van der Waals surface area contributed by atoms with E-state index in [-0.39, 0.29) is 0 Å². The van der Waals surface area contributed by atoms with E-state index in [1.54, 1.807) is 0 Å². The smallest absolute Gasteiger partial charge is 0.310 e. The fourth-order valence-corrected chi connectivity index (χ4v) is 1.83. The Morgan fingerprint density at radius 1 is 1.33 bits per heavy atom. The van der Waals surface area contributed by atoms with Gasteiger partial charge in [-0.25, -0.2) is 0 Å². The van der Waals surface area contributed by atoms with Crippen molar-refractivity contribution in [2.75, 3.05) is 39.8 Å². The number of carbonyl (C=O) groups is 1. The van der Waals surface area contributed by atoms with E-state index in [0.29, 0.717) is 13.0 Å². The second-order valence-corrected chi connectivity index (χ2v) is 4.80. The number of carboxylic acid groups (broad SMARTS) is 1. The minimum Gasteiger partial charge on any atom is -0.481 e. The van der Waals surface area contributed by atoms with Gasteiger partial charge in [0, 0.05) is 32.7 Å². The number of hydrogen-bond donors (Lipinski definition) is 1. The molecule has 4 nitrogen and oxygen atoms in total. The number of rotatable bonds is 4. The van der Waals surface area contributed by atoms with Gasteiger partial charge in [-0.1, -0.05) is 6.92 Å². The minimum atomic E-state index is -0.677. The maximum atomic E-state index is 11.2. The van der Waals surface area contributed by atoms with E-state index in [1.807, 2.05) is 13.8 Å². The second-order valence-electron chi connectivity index (χ2n) is 4.80. The average Bonchev–Trinajstić information content (AvgIpc) is 2.21. The van der Waals surface area contributed by atoms with Crippen LogP contribution in [0.1, 0.15) is 20.3 Å². The van der Waals surface area contributed by atoms with E-state index < -0.39 is 11.4 Å². The van der Waals surface area contributed by atoms with Gasteiger partial charge in [0.2, 0.25) is 0 Å². The fraction of sp³-hybridized carbons (Fsp3) is 0.909. The van der Waals surface area contributed by atoms with Crippen molar-refractivity contribution in [3.8, 4) is 0 Å². The van der Waals surface area contributed by atoms with Crippen LogP contribution in [0.25, 0.3) is 0 Å². The van der Waals surface area contributed by atoms with E-state index in [0.717, 1.165) is 26.2 Å². The summed E-state index contributed by atoms with van der Waals surface area (Å²) in [5.74, 6) is -0.677. The maximum Gasteiger partial charge on any atom is 0.310 e. The van der Waals surface area contributed by atoms with Gasteiger partial charge in [-0.3, -0.25) is 9.69 Å². The highest BCUT2D eigenvalue weighted by molar-refractivity contribution is 5.74. The lowest BCUT2D eigenvalue weighted by Gasteiger charge is -2.37. The highest BCUT2D eigenvalue weighted by Crippen LogP contribution is 2.23. The summed E-state index contributed by atoms with van der Waals surface area (Å²) in [6.45, 7) is 8.52. The van der Waals surface area contributed by atoms with Crippen molar-refractivity contribution in [2.24, 2.45) is 5.41 Å². The predicted octanol–water partition coefficient (Wildman–Crippen LogP) is 0.735. The first kappa shape index (κ1) is 12.5. The van der Waals surface area contributed by atoms with Crippen LogP contribution in [-0.2, 0) is 4.79 Å². The van der Waals surface area contributed by atoms with Crippen LogP contribution in [0, 0.1) is 5.41 Å². The quantitative estimate of drug-likeness (QED) is 0.749. The van der Waals surface area contributed by atoms with Gasteiger partial charge in [0.05, 0.1) is 5.41 Å². The summed E-state index contributed by atoms with van der Waals surface area (Å²) in [4.78, 5) is 15.7. The Balaban J connectivity index is 2.49. The zero-order valence-corrected chi connectivity index (χ0v) is 9.99. The summed E-state index contributed by atoms with van der Waals surface area (Å²) in [7, 11) is 2.10. The summed E-state index contributed by atoms with van der Waals surface area (Å²) in [6, 6.07) is 0. The van der Waals surface area contributed by atoms with Crippen molar-refractivity contribution in [2.45, 2.75) is 20.3 Å². The van der Waals surface area contributed by atoms with E-state index in [4.69, 9.17) is 0 Å². The number of aliphatic carboxylic acids is 1. The zero-order chi connectivity index (χ0) is 11.5. The van der Waals surface area contributed by atoms with Crippen LogP contribution < -0.4 is 0 Å². The molecule has 1 fully saturated rings. The Hall–Kier alpha value is -0.610. The largest absolute Gasteiger partial charge is 0.481 e. The third-order valence-corrected chi connectivity index (χ3v) is 3.47. The standard InChI is InChI=1S/C11H22N2O2/c1-4-11(2,10(14)15)9-13-7-5-12(3)6-8-13/h4-9H2,1-3H3,(H,14,15). The van der Waals surface area contributed by atoms with Gasteiger partial charge < -0.3 is 10.0 Å². The molecule has 1 aliphatic rings. The van der Waals surface area contributed by atoms with Gasteiger partial charge in [0.1, 0.15) is 0 Å². The van der Waals surface area contributed by atoms with Gasteiger partial charge >= 0.3 is 5.97 Å². The zero-order valence-electron chi connectivity index (χ0n) is 9.99. The van der Waals surface area contributed by atoms with Gasteiger partial charge in [0.25, 0.3) is 0 Å². The maximum absolute atomic E-state index is 11.2. The molecule has 1 aliphatic heterocycles. The van der Waals surface area contributed by atoms with Crippen LogP contribution in [0.5, 0.6) is 0 Å². The Bertz CT molecular complexity index is 225. The van der Waals surface area contributed by atoms with Crippen molar-refractivity contribution in [3.05, 3.63) is 0 Å². The second kappa shape index (κ2) is 4.94. The lowest BCUT2D eigenvalue weighted by Crippen LogP contribution is -2.49. The molecule has 0 bridgehead atoms. The third kappa shape index (κ3) is 3.18. The highest BCUT2D eigenvalue weighted by atomic mass is 16.4. The molecule has 88 valence electrons. The van der Waals surface area contributed by atoms with Crippen molar-refractivity contribution in [1.29, 1.82) is 0 Å². The number of piperazine rings is 1. The molecule has 1 N–H and O–H groups in total. The number of carboxylic acids is 1. The van der Waals surface area contributed by atoms with Crippen molar-refractivity contribution in [3.63, 3.8) is 0 Å². The third-order valence-electron chi connectivity index (χ3n) is 3.47. The van der Waals surface area contributed by atoms with Crippen LogP contribution in [0.15, 0.2) is 0 Å². The van der Waals surface area contributed by atoms with E-state index >= 15 is 0 Å². The van der Waals surface area contributed by atoms with Gasteiger partial charge in [-0.2, -0.15) is 0 Å². The van der Waals surface area contributed by atoms with Crippen LogP contribution >= 0.6 is 0 Å². The molecule has 0 aromatic rings. The average molecular weight is 214 g/mol. The topological polar surface area (TPSA) is 43.8 Å². The molecule has 0 aromatic heterocycles. The highest BCUT2D eigenvalue weighted by Gasteiger charge is 2.33. The molecule has 1 saturated heterocycles. The van der Waals surface area contributed by atoms with Crippen molar-refractivity contribution in [1.82, 2.24) is 9.80 Å². The molecule has 0 aromatic carbocycles. The normalized spacial score (nSPS) is 23.7. The molecule has 1 atom stereocenters. The lowest BCUT2D eigenvalue weighted by molar-refractivity contribution is -0.149. The summed E-state index contributed by atoms with van der Waals surface area (Å²) in [5, 5.41) is 9.18. The summed E-state index contributed by atoms with van der Waals surface area (Å²) < 4.78 is 0. The first-order valence-corrected chi connectivity index (χ1v) is 5.62. The first-order valence-electron chi connectivity index (χ1n) is 5.62. The molecule has 1 heterocycles. The van der Waals surface area contributed by atoms with Crippen molar-refractivity contribution >= 4 is 5.97 Å². The van der Waals surface area contributed by atoms with Gasteiger partial charge in [-0.15, -0.1) is 0 Å². The summed E-state index contributed by atoms with van der Waals surface area (Å²) >= 11 is 0. The Labute approximate surface area is 91.9 Å². The fourth-order valence-electron chi connectivity index (χ4n) is 1.83. The van der Waals surface area contributed by atoms with E-state index in [1.165, 1.54) is 0 Å². The Kier molecular flexibility index (Phi) is 4.11. The molecule has 0 spiro atoms. The summed E-state index contributed by atoms with van der Waals surface area (Å²) in [5.41, 5.74) is -0.587. The van der Waals surface area contributed by atoms with Crippen LogP contribution in [0.4, 0.5) is 0 Å². The number of nitrogens with zero attached hydrogens (tertiary/aromatic N) is 2. The number of likely N-dealkylation sites (N-methyl/N-ethyl adjacent to an activating group) is 1. The molecule has 15 heavy (non-hydrogen) atoms. The molecular weight excluding hydrogens is 192 g/mol. The molecule has 0 aliphatic carbocycles. The monoisotopic (exact) mass is 214 g/mol. The number of hydrogen-bond acceptors (Lipinski definition) is 3. The van der Waals surface area contributed by atoms with Gasteiger partial charge in [0.15, 0.2) is 0 Å². The Morgan fingerprint density at radius 2 is 1.87 bits per heavy atom. The van der Waals surface area contributed by atoms with E-state index in [2.05, 4.69) is 16.8 Å². The molecule has 1 rings (SSSR count). The van der Waals surface area contributed by atoms with Gasteiger partial charge in [-0.05, 0) is 20.4 Å². The lowest BCUT2D eigenvalue weighted by atomic mass is 9.87. The molecule has 1 unspecified atom stereocenters. The minimum absolute atomic E-state index is 0.587. The summed E-state index contributed by atoms with van der Waals surface area (Å²) in [6.07, 6.45) is 0.689. The molecular formula is C11H22N2O2. The van der Waals surface area contributed by atoms with Crippen LogP contribution in [0.3, 0.4) is 0 Å². The molecule has 0 radical (unpaired) electrons. The van der Waals surface area contributed by atoms with Crippen LogP contribution in [-0.4, -0.2) is 60.6 Å². The van der Waals surface area contributed by atoms with Crippen molar-refractivity contribution < 1.29 is 9.90 Å².